The van der Waals surface area contributed by atoms with Crippen molar-refractivity contribution < 1.29 is 14.3 Å². The molecule has 3 heterocycles. The molecule has 0 spiro atoms. The number of aryl methyl sites for hydroxylation is 1. The first-order valence-corrected chi connectivity index (χ1v) is 9.45. The van der Waals surface area contributed by atoms with Gasteiger partial charge in [0.1, 0.15) is 11.4 Å². The summed E-state index contributed by atoms with van der Waals surface area (Å²) in [6, 6.07) is 1.30. The second-order valence-electron chi connectivity index (χ2n) is 7.71. The van der Waals surface area contributed by atoms with E-state index < -0.39 is 17.2 Å². The fourth-order valence-electron chi connectivity index (χ4n) is 4.62. The third kappa shape index (κ3) is 2.81. The Morgan fingerprint density at radius 1 is 1.41 bits per heavy atom. The van der Waals surface area contributed by atoms with Crippen LogP contribution >= 0.6 is 0 Å². The van der Waals surface area contributed by atoms with E-state index in [-0.39, 0.29) is 17.0 Å². The maximum atomic E-state index is 15.1. The van der Waals surface area contributed by atoms with Gasteiger partial charge in [-0.2, -0.15) is 0 Å². The molecule has 1 saturated heterocycles. The lowest BCUT2D eigenvalue weighted by Gasteiger charge is -2.31. The summed E-state index contributed by atoms with van der Waals surface area (Å²) in [6.07, 6.45) is 3.90. The highest BCUT2D eigenvalue weighted by atomic mass is 19.1. The summed E-state index contributed by atoms with van der Waals surface area (Å²) in [5, 5.41) is 12.7. The molecule has 2 unspecified atom stereocenters. The van der Waals surface area contributed by atoms with Gasteiger partial charge in [-0.15, -0.1) is 0 Å². The van der Waals surface area contributed by atoms with Crippen molar-refractivity contribution in [3.05, 3.63) is 39.4 Å². The number of aromatic carboxylic acids is 1. The molecule has 0 aliphatic carbocycles. The van der Waals surface area contributed by atoms with Gasteiger partial charge in [0.15, 0.2) is 0 Å². The van der Waals surface area contributed by atoms with E-state index in [0.717, 1.165) is 38.0 Å². The molecule has 1 aromatic heterocycles. The number of benzene rings is 1. The fraction of sp³-hybridized carbons (Fsp3) is 0.500. The molecule has 2 N–H and O–H groups in total. The van der Waals surface area contributed by atoms with Crippen molar-refractivity contribution in [1.29, 1.82) is 0 Å². The first-order chi connectivity index (χ1) is 12.9. The number of carbonyl (C=O) groups is 1. The topological polar surface area (TPSA) is 74.6 Å². The number of aromatic nitrogens is 1. The second-order valence-corrected chi connectivity index (χ2v) is 7.71. The van der Waals surface area contributed by atoms with Gasteiger partial charge in [-0.1, -0.05) is 0 Å². The summed E-state index contributed by atoms with van der Waals surface area (Å²) in [7, 11) is 1.92. The van der Waals surface area contributed by atoms with Crippen molar-refractivity contribution in [2.24, 2.45) is 5.92 Å². The van der Waals surface area contributed by atoms with Crippen molar-refractivity contribution >= 4 is 22.6 Å². The van der Waals surface area contributed by atoms with Gasteiger partial charge in [-0.3, -0.25) is 4.79 Å². The van der Waals surface area contributed by atoms with Crippen LogP contribution in [0, 0.1) is 11.7 Å². The van der Waals surface area contributed by atoms with Crippen LogP contribution in [0.4, 0.5) is 10.1 Å². The number of halogens is 1. The lowest BCUT2D eigenvalue weighted by Crippen LogP contribution is -2.29. The molecule has 6 nitrogen and oxygen atoms in total. The van der Waals surface area contributed by atoms with E-state index in [4.69, 9.17) is 0 Å². The lowest BCUT2D eigenvalue weighted by atomic mass is 9.93. The zero-order valence-electron chi connectivity index (χ0n) is 15.6. The van der Waals surface area contributed by atoms with Crippen LogP contribution in [0.15, 0.2) is 17.1 Å². The first-order valence-electron chi connectivity index (χ1n) is 9.45. The molecule has 0 bridgehead atoms. The minimum atomic E-state index is -1.27. The SMILES string of the molecule is CNCC1CCN(c2c(F)cc3c(=O)c(C(=O)O)cn4c3c2CCC4C)C1. The van der Waals surface area contributed by atoms with Crippen molar-refractivity contribution in [2.45, 2.75) is 32.2 Å². The van der Waals surface area contributed by atoms with Crippen LogP contribution in [0.2, 0.25) is 0 Å². The van der Waals surface area contributed by atoms with Crippen molar-refractivity contribution in [2.75, 3.05) is 31.6 Å². The summed E-state index contributed by atoms with van der Waals surface area (Å²) in [5.74, 6) is -1.23. The van der Waals surface area contributed by atoms with Crippen LogP contribution in [-0.2, 0) is 6.42 Å². The Balaban J connectivity index is 1.94. The van der Waals surface area contributed by atoms with Crippen LogP contribution in [0.25, 0.3) is 10.9 Å². The monoisotopic (exact) mass is 373 g/mol. The maximum absolute atomic E-state index is 15.1. The summed E-state index contributed by atoms with van der Waals surface area (Å²) in [6.45, 7) is 4.46. The number of nitrogens with zero attached hydrogens (tertiary/aromatic N) is 2. The predicted octanol–water partition coefficient (Wildman–Crippen LogP) is 2.39. The number of rotatable bonds is 4. The van der Waals surface area contributed by atoms with Crippen LogP contribution < -0.4 is 15.6 Å². The van der Waals surface area contributed by atoms with E-state index in [2.05, 4.69) is 10.2 Å². The number of carboxylic acid groups (broad SMARTS) is 1. The molecular formula is C20H24FN3O3. The van der Waals surface area contributed by atoms with Crippen molar-refractivity contribution in [1.82, 2.24) is 9.88 Å². The molecule has 144 valence electrons. The van der Waals surface area contributed by atoms with Crippen LogP contribution in [0.5, 0.6) is 0 Å². The van der Waals surface area contributed by atoms with Gasteiger partial charge in [0, 0.05) is 36.3 Å². The van der Waals surface area contributed by atoms with Gasteiger partial charge < -0.3 is 19.9 Å². The third-order valence-corrected chi connectivity index (χ3v) is 5.95. The number of hydrogen-bond donors (Lipinski definition) is 2. The predicted molar refractivity (Wildman–Crippen MR) is 102 cm³/mol. The smallest absolute Gasteiger partial charge is 0.341 e. The Morgan fingerprint density at radius 2 is 2.19 bits per heavy atom. The van der Waals surface area contributed by atoms with Crippen LogP contribution in [-0.4, -0.2) is 42.3 Å². The Bertz CT molecular complexity index is 985. The van der Waals surface area contributed by atoms with E-state index in [9.17, 15) is 14.7 Å². The van der Waals surface area contributed by atoms with E-state index in [1.807, 2.05) is 18.5 Å². The normalized spacial score (nSPS) is 21.8. The maximum Gasteiger partial charge on any atom is 0.341 e. The molecule has 2 aliphatic heterocycles. The van der Waals surface area contributed by atoms with Crippen molar-refractivity contribution in [3.8, 4) is 0 Å². The van der Waals surface area contributed by atoms with E-state index in [1.165, 1.54) is 12.3 Å². The molecule has 27 heavy (non-hydrogen) atoms. The number of pyridine rings is 1. The number of anilines is 1. The first kappa shape index (κ1) is 18.0. The van der Waals surface area contributed by atoms with Crippen molar-refractivity contribution in [3.63, 3.8) is 0 Å². The fourth-order valence-corrected chi connectivity index (χ4v) is 4.62. The quantitative estimate of drug-likeness (QED) is 0.861. The molecule has 2 aliphatic rings. The van der Waals surface area contributed by atoms with Crippen LogP contribution in [0.1, 0.15) is 41.7 Å². The van der Waals surface area contributed by atoms with E-state index >= 15 is 4.39 Å². The molecule has 2 atom stereocenters. The highest BCUT2D eigenvalue weighted by molar-refractivity contribution is 5.95. The number of hydrogen-bond acceptors (Lipinski definition) is 4. The molecule has 7 heteroatoms. The molecule has 2 aromatic rings. The van der Waals surface area contributed by atoms with E-state index in [1.54, 1.807) is 0 Å². The highest BCUT2D eigenvalue weighted by Gasteiger charge is 2.31. The van der Waals surface area contributed by atoms with Gasteiger partial charge in [0.25, 0.3) is 0 Å². The Labute approximate surface area is 156 Å². The molecular weight excluding hydrogens is 349 g/mol. The summed E-state index contributed by atoms with van der Waals surface area (Å²) in [5.41, 5.74) is 1.21. The Hall–Kier alpha value is -2.41. The van der Waals surface area contributed by atoms with Crippen LogP contribution in [0.3, 0.4) is 0 Å². The third-order valence-electron chi connectivity index (χ3n) is 5.95. The largest absolute Gasteiger partial charge is 0.477 e. The average Bonchev–Trinajstić information content (AvgIpc) is 3.07. The summed E-state index contributed by atoms with van der Waals surface area (Å²) < 4.78 is 17.0. The Morgan fingerprint density at radius 3 is 2.89 bits per heavy atom. The number of nitrogens with one attached hydrogen (secondary N) is 1. The van der Waals surface area contributed by atoms with Gasteiger partial charge >= 0.3 is 5.97 Å². The lowest BCUT2D eigenvalue weighted by molar-refractivity contribution is 0.0694. The molecule has 1 fully saturated rings. The van der Waals surface area contributed by atoms with Gasteiger partial charge in [-0.05, 0) is 51.8 Å². The van der Waals surface area contributed by atoms with Gasteiger partial charge in [0.2, 0.25) is 5.43 Å². The molecule has 0 radical (unpaired) electrons. The minimum Gasteiger partial charge on any atom is -0.477 e. The average molecular weight is 373 g/mol. The van der Waals surface area contributed by atoms with Gasteiger partial charge in [-0.25, -0.2) is 9.18 Å². The minimum absolute atomic E-state index is 0.0626. The standard InChI is InChI=1S/C20H24FN3O3/c1-11-3-4-13-17-14(19(25)15(20(26)27)10-24(11)17)7-16(21)18(13)23-6-5-12(9-23)8-22-2/h7,10-12,22H,3-6,8-9H2,1-2H3,(H,26,27). The summed E-state index contributed by atoms with van der Waals surface area (Å²) >= 11 is 0. The highest BCUT2D eigenvalue weighted by Crippen LogP contribution is 2.39. The van der Waals surface area contributed by atoms with E-state index in [0.29, 0.717) is 23.5 Å². The zero-order valence-corrected chi connectivity index (χ0v) is 15.6. The summed E-state index contributed by atoms with van der Waals surface area (Å²) in [4.78, 5) is 26.2. The second kappa shape index (κ2) is 6.64. The zero-order chi connectivity index (χ0) is 19.3. The van der Waals surface area contributed by atoms with Gasteiger partial charge in [0.05, 0.1) is 11.2 Å². The Kier molecular flexibility index (Phi) is 4.42. The molecule has 0 amide bonds. The number of carboxylic acids is 1. The molecule has 0 saturated carbocycles. The molecule has 4 rings (SSSR count). The molecule has 1 aromatic carbocycles.